The van der Waals surface area contributed by atoms with Crippen molar-refractivity contribution in [2.24, 2.45) is 0 Å². The number of nitrogens with zero attached hydrogens (tertiary/aromatic N) is 2. The van der Waals surface area contributed by atoms with Crippen molar-refractivity contribution >= 4 is 44.1 Å². The number of anilines is 1. The first-order valence-electron chi connectivity index (χ1n) is 11.4. The van der Waals surface area contributed by atoms with E-state index < -0.39 is 17.7 Å². The molecule has 1 atom stereocenters. The van der Waals surface area contributed by atoms with Gasteiger partial charge in [0.2, 0.25) is 0 Å². The number of ether oxygens (including phenoxy) is 2. The monoisotopic (exact) mass is 500 g/mol. The van der Waals surface area contributed by atoms with E-state index in [4.69, 9.17) is 9.47 Å². The number of rotatable bonds is 6. The van der Waals surface area contributed by atoms with Crippen molar-refractivity contribution in [1.82, 2.24) is 4.98 Å². The summed E-state index contributed by atoms with van der Waals surface area (Å²) < 4.78 is 11.8. The van der Waals surface area contributed by atoms with E-state index in [1.54, 1.807) is 42.5 Å². The van der Waals surface area contributed by atoms with Gasteiger partial charge in [0.15, 0.2) is 16.6 Å². The average Bonchev–Trinajstić information content (AvgIpc) is 3.45. The molecule has 7 nitrogen and oxygen atoms in total. The van der Waals surface area contributed by atoms with Gasteiger partial charge in [0.25, 0.3) is 5.78 Å². The standard InChI is InChI=1S/C28H24N2O5S/c1-4-16-10-12-19-22(14-16)36-28(29-19)30-24(18-11-13-20(34-2)21(15-18)35-3)23(26(32)27(30)33)25(31)17-8-6-5-7-9-17/h5-15,24,31H,4H2,1-3H3/b25-23+/t24-/m1/s1. The third-order valence-corrected chi connectivity index (χ3v) is 7.29. The minimum Gasteiger partial charge on any atom is -0.507 e. The van der Waals surface area contributed by atoms with Gasteiger partial charge in [-0.25, -0.2) is 4.98 Å². The number of thiazole rings is 1. The number of benzene rings is 3. The van der Waals surface area contributed by atoms with E-state index in [1.807, 2.05) is 24.3 Å². The molecule has 1 amide bonds. The van der Waals surface area contributed by atoms with E-state index in [1.165, 1.54) is 30.5 Å². The summed E-state index contributed by atoms with van der Waals surface area (Å²) in [5.74, 6) is -0.817. The van der Waals surface area contributed by atoms with Gasteiger partial charge in [-0.05, 0) is 41.8 Å². The lowest BCUT2D eigenvalue weighted by Crippen LogP contribution is -2.29. The van der Waals surface area contributed by atoms with Crippen molar-refractivity contribution in [3.05, 3.63) is 89.0 Å². The third-order valence-electron chi connectivity index (χ3n) is 6.27. The van der Waals surface area contributed by atoms with Crippen molar-refractivity contribution in [2.75, 3.05) is 19.1 Å². The third kappa shape index (κ3) is 3.89. The minimum absolute atomic E-state index is 0.00748. The Balaban J connectivity index is 1.74. The van der Waals surface area contributed by atoms with Gasteiger partial charge >= 0.3 is 5.91 Å². The van der Waals surface area contributed by atoms with Gasteiger partial charge in [0.1, 0.15) is 5.76 Å². The summed E-state index contributed by atoms with van der Waals surface area (Å²) >= 11 is 1.34. The molecule has 1 fully saturated rings. The Kier molecular flexibility index (Phi) is 6.20. The highest BCUT2D eigenvalue weighted by molar-refractivity contribution is 7.22. The predicted molar refractivity (Wildman–Crippen MR) is 140 cm³/mol. The van der Waals surface area contributed by atoms with Crippen molar-refractivity contribution in [3.8, 4) is 11.5 Å². The normalized spacial score (nSPS) is 17.1. The average molecular weight is 501 g/mol. The molecule has 8 heteroatoms. The second-order valence-corrected chi connectivity index (χ2v) is 9.31. The van der Waals surface area contributed by atoms with Gasteiger partial charge in [-0.15, -0.1) is 0 Å². The van der Waals surface area contributed by atoms with E-state index >= 15 is 0 Å². The number of amides is 1. The molecule has 0 spiro atoms. The summed E-state index contributed by atoms with van der Waals surface area (Å²) in [6.45, 7) is 2.07. The predicted octanol–water partition coefficient (Wildman–Crippen LogP) is 5.50. The Morgan fingerprint density at radius 2 is 1.75 bits per heavy atom. The maximum Gasteiger partial charge on any atom is 0.301 e. The first-order valence-corrected chi connectivity index (χ1v) is 12.3. The lowest BCUT2D eigenvalue weighted by Gasteiger charge is -2.23. The number of hydrogen-bond donors (Lipinski definition) is 1. The zero-order valence-corrected chi connectivity index (χ0v) is 20.8. The van der Waals surface area contributed by atoms with Crippen LogP contribution < -0.4 is 14.4 Å². The maximum atomic E-state index is 13.5. The van der Waals surface area contributed by atoms with Crippen LogP contribution >= 0.6 is 11.3 Å². The summed E-state index contributed by atoms with van der Waals surface area (Å²) in [6, 6.07) is 19.0. The smallest absolute Gasteiger partial charge is 0.301 e. The van der Waals surface area contributed by atoms with Crippen LogP contribution in [0.15, 0.2) is 72.3 Å². The van der Waals surface area contributed by atoms with Gasteiger partial charge in [-0.1, -0.05) is 60.7 Å². The molecule has 1 N–H and O–H groups in total. The molecule has 1 aromatic heterocycles. The Morgan fingerprint density at radius 3 is 2.44 bits per heavy atom. The molecule has 3 aromatic carbocycles. The quantitative estimate of drug-likeness (QED) is 0.214. The number of aliphatic hydroxyl groups is 1. The van der Waals surface area contributed by atoms with Crippen LogP contribution in [0.1, 0.15) is 29.7 Å². The summed E-state index contributed by atoms with van der Waals surface area (Å²) in [5, 5.41) is 11.6. The molecule has 182 valence electrons. The van der Waals surface area contributed by atoms with E-state index in [0.717, 1.165) is 22.2 Å². The van der Waals surface area contributed by atoms with E-state index in [-0.39, 0.29) is 11.3 Å². The highest BCUT2D eigenvalue weighted by Crippen LogP contribution is 2.45. The number of hydrogen-bond acceptors (Lipinski definition) is 7. The highest BCUT2D eigenvalue weighted by Gasteiger charge is 2.48. The van der Waals surface area contributed by atoms with Gasteiger partial charge in [-0.3, -0.25) is 14.5 Å². The Hall–Kier alpha value is -4.17. The SMILES string of the molecule is CCc1ccc2nc(N3C(=O)C(=O)/C(=C(/O)c4ccccc4)[C@H]3c3ccc(OC)c(OC)c3)sc2c1. The van der Waals surface area contributed by atoms with Crippen LogP contribution in [-0.4, -0.2) is 36.0 Å². The van der Waals surface area contributed by atoms with Crippen LogP contribution in [0.2, 0.25) is 0 Å². The van der Waals surface area contributed by atoms with Gasteiger partial charge in [-0.2, -0.15) is 0 Å². The Labute approximate surface area is 212 Å². The molecule has 0 saturated carbocycles. The van der Waals surface area contributed by atoms with Crippen molar-refractivity contribution in [1.29, 1.82) is 0 Å². The lowest BCUT2D eigenvalue weighted by atomic mass is 9.95. The minimum atomic E-state index is -0.906. The van der Waals surface area contributed by atoms with Crippen molar-refractivity contribution in [3.63, 3.8) is 0 Å². The molecular formula is C28H24N2O5S. The second kappa shape index (κ2) is 9.47. The molecule has 2 heterocycles. The number of Topliss-reactive ketones (excluding diaryl/α,β-unsaturated/α-hetero) is 1. The number of methoxy groups -OCH3 is 2. The lowest BCUT2D eigenvalue weighted by molar-refractivity contribution is -0.132. The number of aliphatic hydroxyl groups excluding tert-OH is 1. The number of aromatic nitrogens is 1. The first-order chi connectivity index (χ1) is 17.5. The Morgan fingerprint density at radius 1 is 1.00 bits per heavy atom. The van der Waals surface area contributed by atoms with Gasteiger partial charge < -0.3 is 14.6 Å². The van der Waals surface area contributed by atoms with E-state index in [9.17, 15) is 14.7 Å². The number of carbonyl (C=O) groups excluding carboxylic acids is 2. The van der Waals surface area contributed by atoms with Gasteiger partial charge in [0, 0.05) is 5.56 Å². The first kappa shape index (κ1) is 23.6. The molecule has 1 aliphatic heterocycles. The van der Waals surface area contributed by atoms with E-state index in [0.29, 0.717) is 27.8 Å². The number of fused-ring (bicyclic) bond motifs is 1. The zero-order chi connectivity index (χ0) is 25.4. The molecule has 4 aromatic rings. The summed E-state index contributed by atoms with van der Waals surface area (Å²) in [5.41, 5.74) is 2.91. The topological polar surface area (TPSA) is 89.0 Å². The summed E-state index contributed by atoms with van der Waals surface area (Å²) in [6.07, 6.45) is 0.871. The van der Waals surface area contributed by atoms with Crippen LogP contribution in [-0.2, 0) is 16.0 Å². The van der Waals surface area contributed by atoms with Crippen LogP contribution in [0.5, 0.6) is 11.5 Å². The second-order valence-electron chi connectivity index (χ2n) is 8.30. The van der Waals surface area contributed by atoms with Crippen LogP contribution in [0.4, 0.5) is 5.13 Å². The molecular weight excluding hydrogens is 476 g/mol. The molecule has 36 heavy (non-hydrogen) atoms. The molecule has 0 bridgehead atoms. The van der Waals surface area contributed by atoms with Crippen LogP contribution in [0.25, 0.3) is 16.0 Å². The summed E-state index contributed by atoms with van der Waals surface area (Å²) in [7, 11) is 3.05. The molecule has 5 rings (SSSR count). The molecule has 0 aliphatic carbocycles. The fourth-order valence-corrected chi connectivity index (χ4v) is 5.46. The van der Waals surface area contributed by atoms with E-state index in [2.05, 4.69) is 11.9 Å². The number of ketones is 1. The van der Waals surface area contributed by atoms with Crippen molar-refractivity contribution in [2.45, 2.75) is 19.4 Å². The summed E-state index contributed by atoms with van der Waals surface area (Å²) in [4.78, 5) is 32.9. The molecule has 0 unspecified atom stereocenters. The van der Waals surface area contributed by atoms with Crippen molar-refractivity contribution < 1.29 is 24.2 Å². The fourth-order valence-electron chi connectivity index (χ4n) is 4.40. The number of carbonyl (C=O) groups is 2. The van der Waals surface area contributed by atoms with Crippen LogP contribution in [0.3, 0.4) is 0 Å². The Bertz CT molecular complexity index is 1510. The fraction of sp³-hybridized carbons (Fsp3) is 0.179. The highest BCUT2D eigenvalue weighted by atomic mass is 32.1. The largest absolute Gasteiger partial charge is 0.507 e. The molecule has 1 aliphatic rings. The maximum absolute atomic E-state index is 13.5. The molecule has 1 saturated heterocycles. The van der Waals surface area contributed by atoms with Crippen LogP contribution in [0, 0.1) is 0 Å². The molecule has 0 radical (unpaired) electrons. The van der Waals surface area contributed by atoms with Gasteiger partial charge in [0.05, 0.1) is 36.1 Å². The zero-order valence-electron chi connectivity index (χ0n) is 20.0. The number of aryl methyl sites for hydroxylation is 1.